The summed E-state index contributed by atoms with van der Waals surface area (Å²) < 4.78 is 0. The Hall–Kier alpha value is -3.00. The number of aryl methyl sites for hydroxylation is 2. The van der Waals surface area contributed by atoms with Gasteiger partial charge >= 0.3 is 6.03 Å². The van der Waals surface area contributed by atoms with Gasteiger partial charge in [0.25, 0.3) is 0 Å². The van der Waals surface area contributed by atoms with Crippen molar-refractivity contribution in [2.45, 2.75) is 13.8 Å². The molecule has 2 aromatic rings. The van der Waals surface area contributed by atoms with Crippen LogP contribution in [0.2, 0.25) is 0 Å². The molecule has 2 amide bonds. The van der Waals surface area contributed by atoms with Gasteiger partial charge in [-0.15, -0.1) is 0 Å². The number of anilines is 2. The highest BCUT2D eigenvalue weighted by atomic mass is 16.2. The van der Waals surface area contributed by atoms with Crippen LogP contribution in [0.5, 0.6) is 0 Å². The van der Waals surface area contributed by atoms with Gasteiger partial charge in [-0.05, 0) is 61.4 Å². The molecule has 5 nitrogen and oxygen atoms in total. The Bertz CT molecular complexity index is 779. The van der Waals surface area contributed by atoms with Gasteiger partial charge in [-0.3, -0.25) is 0 Å². The number of nitriles is 1. The van der Waals surface area contributed by atoms with E-state index in [1.165, 1.54) is 16.8 Å². The predicted molar refractivity (Wildman–Crippen MR) is 99.9 cm³/mol. The van der Waals surface area contributed by atoms with Gasteiger partial charge < -0.3 is 15.1 Å². The number of rotatable bonds is 2. The maximum Gasteiger partial charge on any atom is 0.321 e. The van der Waals surface area contributed by atoms with Crippen LogP contribution in [-0.2, 0) is 0 Å². The quantitative estimate of drug-likeness (QED) is 0.914. The van der Waals surface area contributed by atoms with Crippen molar-refractivity contribution < 1.29 is 4.79 Å². The number of nitrogens with zero attached hydrogens (tertiary/aromatic N) is 3. The number of carbonyl (C=O) groups is 1. The fraction of sp³-hybridized carbons (Fsp3) is 0.300. The van der Waals surface area contributed by atoms with E-state index in [1.807, 2.05) is 4.90 Å². The minimum Gasteiger partial charge on any atom is -0.368 e. The Balaban J connectivity index is 1.57. The highest BCUT2D eigenvalue weighted by Gasteiger charge is 2.21. The number of amides is 2. The van der Waals surface area contributed by atoms with E-state index in [1.54, 1.807) is 24.3 Å². The Morgan fingerprint density at radius 2 is 1.60 bits per heavy atom. The lowest BCUT2D eigenvalue weighted by atomic mass is 10.1. The van der Waals surface area contributed by atoms with Crippen molar-refractivity contribution in [3.05, 3.63) is 59.2 Å². The first-order valence-electron chi connectivity index (χ1n) is 8.44. The normalized spacial score (nSPS) is 14.1. The predicted octanol–water partition coefficient (Wildman–Crippen LogP) is 3.53. The zero-order valence-corrected chi connectivity index (χ0v) is 14.6. The van der Waals surface area contributed by atoms with Gasteiger partial charge in [-0.25, -0.2) is 4.79 Å². The van der Waals surface area contributed by atoms with Crippen molar-refractivity contribution in [3.63, 3.8) is 0 Å². The fourth-order valence-corrected chi connectivity index (χ4v) is 3.13. The van der Waals surface area contributed by atoms with Gasteiger partial charge in [0.05, 0.1) is 11.6 Å². The number of benzene rings is 2. The Labute approximate surface area is 148 Å². The Morgan fingerprint density at radius 3 is 2.16 bits per heavy atom. The molecular weight excluding hydrogens is 312 g/mol. The molecule has 1 aliphatic heterocycles. The summed E-state index contributed by atoms with van der Waals surface area (Å²) in [6.45, 7) is 7.24. The van der Waals surface area contributed by atoms with Crippen LogP contribution in [-0.4, -0.2) is 37.1 Å². The molecule has 0 saturated carbocycles. The van der Waals surface area contributed by atoms with E-state index in [0.717, 1.165) is 13.1 Å². The second-order valence-corrected chi connectivity index (χ2v) is 6.44. The zero-order chi connectivity index (χ0) is 17.8. The summed E-state index contributed by atoms with van der Waals surface area (Å²) in [6.07, 6.45) is 0. The van der Waals surface area contributed by atoms with E-state index in [4.69, 9.17) is 5.26 Å². The molecule has 0 spiro atoms. The van der Waals surface area contributed by atoms with Crippen LogP contribution in [0, 0.1) is 25.2 Å². The molecule has 128 valence electrons. The molecule has 25 heavy (non-hydrogen) atoms. The molecule has 0 atom stereocenters. The van der Waals surface area contributed by atoms with E-state index >= 15 is 0 Å². The summed E-state index contributed by atoms with van der Waals surface area (Å²) in [7, 11) is 0. The number of hydrogen-bond acceptors (Lipinski definition) is 3. The Morgan fingerprint density at radius 1 is 1.00 bits per heavy atom. The molecule has 0 aromatic heterocycles. The molecule has 0 bridgehead atoms. The summed E-state index contributed by atoms with van der Waals surface area (Å²) in [5.74, 6) is 0. The van der Waals surface area contributed by atoms with Crippen molar-refractivity contribution in [3.8, 4) is 6.07 Å². The van der Waals surface area contributed by atoms with Gasteiger partial charge in [-0.1, -0.05) is 6.07 Å². The lowest BCUT2D eigenvalue weighted by Gasteiger charge is -2.36. The molecule has 0 radical (unpaired) electrons. The highest BCUT2D eigenvalue weighted by molar-refractivity contribution is 5.89. The van der Waals surface area contributed by atoms with Crippen molar-refractivity contribution in [2.75, 3.05) is 36.4 Å². The van der Waals surface area contributed by atoms with Crippen LogP contribution in [0.1, 0.15) is 16.7 Å². The number of carbonyl (C=O) groups excluding carboxylic acids is 1. The molecular formula is C20H22N4O. The van der Waals surface area contributed by atoms with Gasteiger partial charge in [-0.2, -0.15) is 5.26 Å². The summed E-state index contributed by atoms with van der Waals surface area (Å²) in [4.78, 5) is 16.6. The maximum atomic E-state index is 12.4. The minimum absolute atomic E-state index is 0.0928. The topological polar surface area (TPSA) is 59.4 Å². The van der Waals surface area contributed by atoms with E-state index in [0.29, 0.717) is 24.3 Å². The lowest BCUT2D eigenvalue weighted by Crippen LogP contribution is -2.50. The second kappa shape index (κ2) is 7.27. The molecule has 2 aromatic carbocycles. The first kappa shape index (κ1) is 16.8. The minimum atomic E-state index is -0.0928. The average Bonchev–Trinajstić information content (AvgIpc) is 2.61. The molecule has 1 heterocycles. The fourth-order valence-electron chi connectivity index (χ4n) is 3.13. The van der Waals surface area contributed by atoms with E-state index < -0.39 is 0 Å². The smallest absolute Gasteiger partial charge is 0.321 e. The van der Waals surface area contributed by atoms with Crippen LogP contribution in [0.4, 0.5) is 16.2 Å². The first-order chi connectivity index (χ1) is 12.0. The number of hydrogen-bond donors (Lipinski definition) is 1. The standard InChI is InChI=1S/C20H22N4O/c1-15-11-16(2)13-19(12-15)23-7-9-24(10-8-23)20(25)22-18-5-3-17(14-21)4-6-18/h3-6,11-13H,7-10H2,1-2H3,(H,22,25). The second-order valence-electron chi connectivity index (χ2n) is 6.44. The van der Waals surface area contributed by atoms with Gasteiger partial charge in [0.15, 0.2) is 0 Å². The van der Waals surface area contributed by atoms with Gasteiger partial charge in [0.1, 0.15) is 0 Å². The monoisotopic (exact) mass is 334 g/mol. The molecule has 0 aliphatic carbocycles. The number of piperazine rings is 1. The molecule has 5 heteroatoms. The SMILES string of the molecule is Cc1cc(C)cc(N2CCN(C(=O)Nc3ccc(C#N)cc3)CC2)c1. The van der Waals surface area contributed by atoms with Crippen LogP contribution in [0.3, 0.4) is 0 Å². The molecule has 3 rings (SSSR count). The molecule has 1 fully saturated rings. The van der Waals surface area contributed by atoms with Gasteiger partial charge in [0.2, 0.25) is 0 Å². The van der Waals surface area contributed by atoms with Crippen molar-refractivity contribution in [1.82, 2.24) is 4.90 Å². The number of nitrogens with one attached hydrogen (secondary N) is 1. The molecule has 0 unspecified atom stereocenters. The summed E-state index contributed by atoms with van der Waals surface area (Å²) >= 11 is 0. The lowest BCUT2D eigenvalue weighted by molar-refractivity contribution is 0.208. The third-order valence-electron chi connectivity index (χ3n) is 4.40. The average molecular weight is 334 g/mol. The number of urea groups is 1. The van der Waals surface area contributed by atoms with Crippen LogP contribution in [0.25, 0.3) is 0 Å². The van der Waals surface area contributed by atoms with Gasteiger partial charge in [0, 0.05) is 37.6 Å². The first-order valence-corrected chi connectivity index (χ1v) is 8.44. The summed E-state index contributed by atoms with van der Waals surface area (Å²) in [6, 6.07) is 15.4. The summed E-state index contributed by atoms with van der Waals surface area (Å²) in [5.41, 5.74) is 5.04. The van der Waals surface area contributed by atoms with Crippen molar-refractivity contribution in [1.29, 1.82) is 5.26 Å². The van der Waals surface area contributed by atoms with E-state index in [9.17, 15) is 4.79 Å². The zero-order valence-electron chi connectivity index (χ0n) is 14.6. The molecule has 1 N–H and O–H groups in total. The van der Waals surface area contributed by atoms with Crippen LogP contribution < -0.4 is 10.2 Å². The maximum absolute atomic E-state index is 12.4. The van der Waals surface area contributed by atoms with Crippen LogP contribution in [0.15, 0.2) is 42.5 Å². The Kier molecular flexibility index (Phi) is 4.90. The third-order valence-corrected chi connectivity index (χ3v) is 4.40. The van der Waals surface area contributed by atoms with Crippen LogP contribution >= 0.6 is 0 Å². The van der Waals surface area contributed by atoms with Crippen molar-refractivity contribution >= 4 is 17.4 Å². The third kappa shape index (κ3) is 4.10. The summed E-state index contributed by atoms with van der Waals surface area (Å²) in [5, 5.41) is 11.7. The highest BCUT2D eigenvalue weighted by Crippen LogP contribution is 2.20. The van der Waals surface area contributed by atoms with E-state index in [-0.39, 0.29) is 6.03 Å². The molecule has 1 saturated heterocycles. The molecule has 1 aliphatic rings. The van der Waals surface area contributed by atoms with E-state index in [2.05, 4.69) is 48.3 Å². The van der Waals surface area contributed by atoms with Crippen molar-refractivity contribution in [2.24, 2.45) is 0 Å². The largest absolute Gasteiger partial charge is 0.368 e.